The smallest absolute Gasteiger partial charge is 0.211 e. The lowest BCUT2D eigenvalue weighted by Crippen LogP contribution is -2.65. The highest BCUT2D eigenvalue weighted by Crippen LogP contribution is 2.34. The summed E-state index contributed by atoms with van der Waals surface area (Å²) in [4.78, 5) is 5.53. The summed E-state index contributed by atoms with van der Waals surface area (Å²) in [5, 5.41) is 0. The molecule has 0 aromatic carbocycles. The first-order chi connectivity index (χ1) is 8.54. The first-order valence-electron chi connectivity index (χ1n) is 6.35. The minimum atomic E-state index is -3.02. The van der Waals surface area contributed by atoms with E-state index >= 15 is 0 Å². The van der Waals surface area contributed by atoms with Gasteiger partial charge in [0.05, 0.1) is 6.26 Å². The number of aromatic nitrogens is 1. The molecule has 2 aliphatic rings. The maximum atomic E-state index is 11.6. The van der Waals surface area contributed by atoms with Gasteiger partial charge >= 0.3 is 0 Å². The van der Waals surface area contributed by atoms with Crippen LogP contribution in [0, 0.1) is 5.92 Å². The quantitative estimate of drug-likeness (QED) is 0.868. The largest absolute Gasteiger partial charge is 0.364 e. The average molecular weight is 269 g/mol. The van der Waals surface area contributed by atoms with Gasteiger partial charge in [-0.15, -0.1) is 0 Å². The molecule has 3 rings (SSSR count). The Morgan fingerprint density at radius 1 is 1.44 bits per heavy atom. The zero-order chi connectivity index (χ0) is 12.8. The molecule has 0 amide bonds. The standard InChI is InChI=1S/C12H19N3O2S/c1-18(16,17)15-7-10-4-6-14(9-12(10)15)8-11-3-2-5-13-11/h2-3,5,10,12-13H,4,6-9H2,1H3/t10-,12-/m1/s1. The number of hydrogen-bond acceptors (Lipinski definition) is 3. The number of piperidine rings is 1. The fourth-order valence-electron chi connectivity index (χ4n) is 3.05. The van der Waals surface area contributed by atoms with Gasteiger partial charge in [-0.05, 0) is 31.0 Å². The van der Waals surface area contributed by atoms with E-state index in [-0.39, 0.29) is 6.04 Å². The molecule has 1 aromatic heterocycles. The van der Waals surface area contributed by atoms with E-state index in [4.69, 9.17) is 0 Å². The number of nitrogens with one attached hydrogen (secondary N) is 1. The number of likely N-dealkylation sites (tertiary alicyclic amines) is 1. The molecule has 0 aliphatic carbocycles. The maximum absolute atomic E-state index is 11.6. The SMILES string of the molecule is CS(=O)(=O)N1C[C@H]2CCN(Cc3ccc[nH]3)C[C@H]21. The van der Waals surface area contributed by atoms with Crippen molar-refractivity contribution in [1.82, 2.24) is 14.2 Å². The Labute approximate surface area is 108 Å². The van der Waals surface area contributed by atoms with Crippen molar-refractivity contribution < 1.29 is 8.42 Å². The molecule has 3 heterocycles. The zero-order valence-electron chi connectivity index (χ0n) is 10.5. The highest BCUT2D eigenvalue weighted by atomic mass is 32.2. The van der Waals surface area contributed by atoms with E-state index in [1.54, 1.807) is 4.31 Å². The van der Waals surface area contributed by atoms with Gasteiger partial charge in [0.2, 0.25) is 10.0 Å². The molecule has 2 aliphatic heterocycles. The van der Waals surface area contributed by atoms with Crippen LogP contribution in [-0.4, -0.2) is 54.5 Å². The Bertz CT molecular complexity index is 511. The molecule has 2 saturated heterocycles. The topological polar surface area (TPSA) is 56.4 Å². The molecule has 2 fully saturated rings. The van der Waals surface area contributed by atoms with Crippen molar-refractivity contribution in [3.63, 3.8) is 0 Å². The normalized spacial score (nSPS) is 29.8. The van der Waals surface area contributed by atoms with Gasteiger partial charge < -0.3 is 4.98 Å². The van der Waals surface area contributed by atoms with Crippen LogP contribution in [0.1, 0.15) is 12.1 Å². The lowest BCUT2D eigenvalue weighted by atomic mass is 9.85. The van der Waals surface area contributed by atoms with E-state index in [0.29, 0.717) is 5.92 Å². The second-order valence-corrected chi connectivity index (χ2v) is 7.31. The Kier molecular flexibility index (Phi) is 2.96. The Morgan fingerprint density at radius 2 is 2.28 bits per heavy atom. The van der Waals surface area contributed by atoms with Crippen molar-refractivity contribution in [2.75, 3.05) is 25.9 Å². The van der Waals surface area contributed by atoms with Crippen LogP contribution in [0.3, 0.4) is 0 Å². The third-order valence-corrected chi connectivity index (χ3v) is 5.34. The molecule has 5 nitrogen and oxygen atoms in total. The summed E-state index contributed by atoms with van der Waals surface area (Å²) >= 11 is 0. The lowest BCUT2D eigenvalue weighted by Gasteiger charge is -2.51. The van der Waals surface area contributed by atoms with Crippen molar-refractivity contribution in [3.8, 4) is 0 Å². The lowest BCUT2D eigenvalue weighted by molar-refractivity contribution is 0.0106. The second kappa shape index (κ2) is 4.36. The van der Waals surface area contributed by atoms with Crippen LogP contribution >= 0.6 is 0 Å². The Hall–Kier alpha value is -0.850. The summed E-state index contributed by atoms with van der Waals surface area (Å²) < 4.78 is 24.8. The number of sulfonamides is 1. The van der Waals surface area contributed by atoms with Crippen LogP contribution in [0.4, 0.5) is 0 Å². The predicted molar refractivity (Wildman–Crippen MR) is 69.5 cm³/mol. The minimum Gasteiger partial charge on any atom is -0.364 e. The molecule has 100 valence electrons. The summed E-state index contributed by atoms with van der Waals surface area (Å²) in [6, 6.07) is 4.26. The van der Waals surface area contributed by atoms with Gasteiger partial charge in [-0.1, -0.05) is 0 Å². The summed E-state index contributed by atoms with van der Waals surface area (Å²) in [6.07, 6.45) is 4.35. The number of nitrogens with zero attached hydrogens (tertiary/aromatic N) is 2. The highest BCUT2D eigenvalue weighted by molar-refractivity contribution is 7.88. The number of hydrogen-bond donors (Lipinski definition) is 1. The van der Waals surface area contributed by atoms with Crippen molar-refractivity contribution in [2.45, 2.75) is 19.0 Å². The van der Waals surface area contributed by atoms with Gasteiger partial charge in [0, 0.05) is 37.6 Å². The molecule has 2 atom stereocenters. The number of aromatic amines is 1. The molecule has 1 N–H and O–H groups in total. The zero-order valence-corrected chi connectivity index (χ0v) is 11.4. The molecule has 0 bridgehead atoms. The van der Waals surface area contributed by atoms with E-state index in [1.807, 2.05) is 12.3 Å². The van der Waals surface area contributed by atoms with Crippen LogP contribution in [0.2, 0.25) is 0 Å². The van der Waals surface area contributed by atoms with E-state index in [1.165, 1.54) is 11.9 Å². The number of H-pyrrole nitrogens is 1. The van der Waals surface area contributed by atoms with Crippen molar-refractivity contribution in [3.05, 3.63) is 24.0 Å². The van der Waals surface area contributed by atoms with Crippen LogP contribution in [0.5, 0.6) is 0 Å². The summed E-state index contributed by atoms with van der Waals surface area (Å²) in [5.41, 5.74) is 1.19. The number of fused-ring (bicyclic) bond motifs is 1. The molecule has 0 spiro atoms. The summed E-state index contributed by atoms with van der Waals surface area (Å²) in [7, 11) is -3.02. The van der Waals surface area contributed by atoms with Gasteiger partial charge in [0.1, 0.15) is 0 Å². The molecule has 1 aromatic rings. The van der Waals surface area contributed by atoms with Crippen molar-refractivity contribution in [2.24, 2.45) is 5.92 Å². The third kappa shape index (κ3) is 2.20. The third-order valence-electron chi connectivity index (χ3n) is 4.07. The molecule has 0 saturated carbocycles. The fourth-order valence-corrected chi connectivity index (χ4v) is 4.24. The van der Waals surface area contributed by atoms with Gasteiger partial charge in [-0.25, -0.2) is 8.42 Å². The Morgan fingerprint density at radius 3 is 2.94 bits per heavy atom. The van der Waals surface area contributed by atoms with E-state index < -0.39 is 10.0 Å². The van der Waals surface area contributed by atoms with Gasteiger partial charge in [-0.2, -0.15) is 4.31 Å². The minimum absolute atomic E-state index is 0.198. The van der Waals surface area contributed by atoms with Gasteiger partial charge in [0.15, 0.2) is 0 Å². The predicted octanol–water partition coefficient (Wildman–Crippen LogP) is 0.480. The first kappa shape index (κ1) is 12.2. The van der Waals surface area contributed by atoms with Gasteiger partial charge in [-0.3, -0.25) is 4.90 Å². The maximum Gasteiger partial charge on any atom is 0.211 e. The molecular formula is C12H19N3O2S. The Balaban J connectivity index is 1.64. The monoisotopic (exact) mass is 269 g/mol. The highest BCUT2D eigenvalue weighted by Gasteiger charge is 2.46. The molecular weight excluding hydrogens is 250 g/mol. The molecule has 0 radical (unpaired) electrons. The first-order valence-corrected chi connectivity index (χ1v) is 8.20. The van der Waals surface area contributed by atoms with Crippen molar-refractivity contribution in [1.29, 1.82) is 0 Å². The fraction of sp³-hybridized carbons (Fsp3) is 0.667. The summed E-state index contributed by atoms with van der Waals surface area (Å²) in [6.45, 7) is 3.53. The van der Waals surface area contributed by atoms with E-state index in [9.17, 15) is 8.42 Å². The van der Waals surface area contributed by atoms with Crippen LogP contribution in [-0.2, 0) is 16.6 Å². The van der Waals surface area contributed by atoms with Crippen molar-refractivity contribution >= 4 is 10.0 Å². The van der Waals surface area contributed by atoms with E-state index in [2.05, 4.69) is 16.0 Å². The van der Waals surface area contributed by atoms with Crippen LogP contribution < -0.4 is 0 Å². The van der Waals surface area contributed by atoms with Crippen LogP contribution in [0.15, 0.2) is 18.3 Å². The van der Waals surface area contributed by atoms with Gasteiger partial charge in [0.25, 0.3) is 0 Å². The second-order valence-electron chi connectivity index (χ2n) is 5.38. The van der Waals surface area contributed by atoms with Crippen LogP contribution in [0.25, 0.3) is 0 Å². The number of rotatable bonds is 3. The molecule has 0 unspecified atom stereocenters. The average Bonchev–Trinajstić information content (AvgIpc) is 2.73. The molecule has 6 heteroatoms. The summed E-state index contributed by atoms with van der Waals surface area (Å²) in [5.74, 6) is 0.569. The van der Waals surface area contributed by atoms with E-state index in [0.717, 1.165) is 32.6 Å². The molecule has 18 heavy (non-hydrogen) atoms.